The van der Waals surface area contributed by atoms with E-state index in [1.165, 1.54) is 31.4 Å². The fourth-order valence-corrected chi connectivity index (χ4v) is 6.33. The topological polar surface area (TPSA) is 47.6 Å². The summed E-state index contributed by atoms with van der Waals surface area (Å²) >= 11 is 0. The van der Waals surface area contributed by atoms with Crippen LogP contribution in [0, 0.1) is 29.0 Å². The molecule has 4 bridgehead atoms. The van der Waals surface area contributed by atoms with E-state index < -0.39 is 0 Å². The Balaban J connectivity index is 1.25. The van der Waals surface area contributed by atoms with Crippen molar-refractivity contribution in [3.8, 4) is 5.75 Å². The maximum atomic E-state index is 13.8. The Morgan fingerprint density at radius 2 is 1.85 bits per heavy atom. The lowest BCUT2D eigenvalue weighted by Gasteiger charge is -2.55. The lowest BCUT2D eigenvalue weighted by Crippen LogP contribution is -2.53. The Morgan fingerprint density at radius 3 is 2.54 bits per heavy atom. The first kappa shape index (κ1) is 16.5. The van der Waals surface area contributed by atoms with Crippen LogP contribution in [0.1, 0.15) is 49.7 Å². The molecule has 4 nitrogen and oxygen atoms in total. The molecule has 6 rings (SSSR count). The summed E-state index contributed by atoms with van der Waals surface area (Å²) in [7, 11) is 0. The highest BCUT2D eigenvalue weighted by Crippen LogP contribution is 2.60. The third kappa shape index (κ3) is 2.81. The van der Waals surface area contributed by atoms with Gasteiger partial charge in [0.05, 0.1) is 6.61 Å². The summed E-state index contributed by atoms with van der Waals surface area (Å²) in [6, 6.07) is 2.98. The summed E-state index contributed by atoms with van der Waals surface area (Å²) in [6.07, 6.45) is 7.80. The van der Waals surface area contributed by atoms with Crippen molar-refractivity contribution in [1.82, 2.24) is 5.32 Å². The first-order valence-corrected chi connectivity index (χ1v) is 9.91. The van der Waals surface area contributed by atoms with E-state index in [9.17, 15) is 9.18 Å². The van der Waals surface area contributed by atoms with E-state index in [4.69, 9.17) is 9.47 Å². The van der Waals surface area contributed by atoms with Gasteiger partial charge in [-0.2, -0.15) is 0 Å². The predicted molar refractivity (Wildman–Crippen MR) is 94.0 cm³/mol. The van der Waals surface area contributed by atoms with Crippen molar-refractivity contribution in [3.63, 3.8) is 0 Å². The quantitative estimate of drug-likeness (QED) is 0.894. The highest BCUT2D eigenvalue weighted by molar-refractivity contribution is 5.83. The van der Waals surface area contributed by atoms with Crippen molar-refractivity contribution in [2.45, 2.75) is 51.6 Å². The molecule has 1 aliphatic heterocycles. The number of hydrogen-bond donors (Lipinski definition) is 1. The van der Waals surface area contributed by atoms with Gasteiger partial charge in [-0.05, 0) is 80.4 Å². The van der Waals surface area contributed by atoms with Crippen molar-refractivity contribution in [1.29, 1.82) is 0 Å². The summed E-state index contributed by atoms with van der Waals surface area (Å²) in [5, 5.41) is 3.17. The van der Waals surface area contributed by atoms with Gasteiger partial charge in [-0.25, -0.2) is 4.39 Å². The van der Waals surface area contributed by atoms with Crippen LogP contribution in [0.15, 0.2) is 12.1 Å². The van der Waals surface area contributed by atoms with Gasteiger partial charge in [-0.15, -0.1) is 0 Å². The molecule has 1 N–H and O–H groups in total. The minimum atomic E-state index is -0.278. The second-order valence-electron chi connectivity index (χ2n) is 8.87. The van der Waals surface area contributed by atoms with E-state index in [0.717, 1.165) is 53.9 Å². The summed E-state index contributed by atoms with van der Waals surface area (Å²) in [4.78, 5) is 13.0. The molecule has 140 valence electrons. The fourth-order valence-electron chi connectivity index (χ4n) is 6.33. The third-order valence-corrected chi connectivity index (χ3v) is 6.95. The number of carbonyl (C=O) groups is 1. The van der Waals surface area contributed by atoms with Gasteiger partial charge in [0.15, 0.2) is 6.79 Å². The summed E-state index contributed by atoms with van der Waals surface area (Å²) in [5.41, 5.74) is 1.44. The van der Waals surface area contributed by atoms with E-state index in [0.29, 0.717) is 19.6 Å². The van der Waals surface area contributed by atoms with E-state index in [1.54, 1.807) is 0 Å². The van der Waals surface area contributed by atoms with Crippen LogP contribution in [0.3, 0.4) is 0 Å². The van der Waals surface area contributed by atoms with Gasteiger partial charge in [-0.1, -0.05) is 0 Å². The van der Waals surface area contributed by atoms with E-state index in [2.05, 4.69) is 5.32 Å². The highest BCUT2D eigenvalue weighted by atomic mass is 19.1. The molecule has 0 aromatic heterocycles. The highest BCUT2D eigenvalue weighted by Gasteiger charge is 2.54. The lowest BCUT2D eigenvalue weighted by atomic mass is 9.49. The standard InChI is InChI=1S/C21H26FNO3/c22-18-6-16(19-17(7-18)11-25-12-26-19)1-2-23-20(24)21-8-13-3-14(9-21)5-15(4-13)10-21/h6-7,13-15H,1-5,8-12H2,(H,23,24). The molecule has 1 amide bonds. The molecule has 5 aliphatic rings. The van der Waals surface area contributed by atoms with Gasteiger partial charge in [0, 0.05) is 17.5 Å². The zero-order chi connectivity index (χ0) is 17.7. The van der Waals surface area contributed by atoms with Crippen LogP contribution in [0.2, 0.25) is 0 Å². The average Bonchev–Trinajstić information content (AvgIpc) is 2.60. The van der Waals surface area contributed by atoms with Gasteiger partial charge in [0.25, 0.3) is 0 Å². The normalized spacial score (nSPS) is 34.3. The molecular formula is C21H26FNO3. The van der Waals surface area contributed by atoms with Gasteiger partial charge in [-0.3, -0.25) is 4.79 Å². The van der Waals surface area contributed by atoms with Gasteiger partial charge in [0.2, 0.25) is 5.91 Å². The zero-order valence-corrected chi connectivity index (χ0v) is 15.1. The second-order valence-corrected chi connectivity index (χ2v) is 8.87. The first-order chi connectivity index (χ1) is 12.6. The Morgan fingerprint density at radius 1 is 1.15 bits per heavy atom. The number of rotatable bonds is 4. The molecule has 1 aromatic rings. The lowest BCUT2D eigenvalue weighted by molar-refractivity contribution is -0.146. The largest absolute Gasteiger partial charge is 0.467 e. The maximum absolute atomic E-state index is 13.8. The molecule has 1 heterocycles. The number of halogens is 1. The van der Waals surface area contributed by atoms with Crippen molar-refractivity contribution >= 4 is 5.91 Å². The van der Waals surface area contributed by atoms with Crippen LogP contribution >= 0.6 is 0 Å². The van der Waals surface area contributed by atoms with E-state index >= 15 is 0 Å². The molecule has 0 saturated heterocycles. The Hall–Kier alpha value is -1.62. The van der Waals surface area contributed by atoms with E-state index in [1.807, 2.05) is 0 Å². The summed E-state index contributed by atoms with van der Waals surface area (Å²) in [6.45, 7) is 1.10. The van der Waals surface area contributed by atoms with Crippen molar-refractivity contribution in [3.05, 3.63) is 29.1 Å². The number of fused-ring (bicyclic) bond motifs is 1. The molecule has 4 fully saturated rings. The van der Waals surface area contributed by atoms with Crippen LogP contribution in [-0.4, -0.2) is 19.2 Å². The number of amides is 1. The Kier molecular flexibility index (Phi) is 3.96. The molecule has 0 atom stereocenters. The number of carbonyl (C=O) groups excluding carboxylic acids is 1. The molecule has 0 unspecified atom stereocenters. The van der Waals surface area contributed by atoms with Crippen molar-refractivity contribution < 1.29 is 18.7 Å². The second kappa shape index (κ2) is 6.22. The Labute approximate surface area is 153 Å². The number of benzene rings is 1. The van der Waals surface area contributed by atoms with Crippen LogP contribution < -0.4 is 10.1 Å². The van der Waals surface area contributed by atoms with Crippen molar-refractivity contribution in [2.24, 2.45) is 23.2 Å². The average molecular weight is 359 g/mol. The van der Waals surface area contributed by atoms with Crippen molar-refractivity contribution in [2.75, 3.05) is 13.3 Å². The van der Waals surface area contributed by atoms with Crippen LogP contribution in [-0.2, 0) is 22.6 Å². The zero-order valence-electron chi connectivity index (χ0n) is 15.1. The third-order valence-electron chi connectivity index (χ3n) is 6.95. The number of hydrogen-bond acceptors (Lipinski definition) is 3. The number of ether oxygens (including phenoxy) is 2. The van der Waals surface area contributed by atoms with E-state index in [-0.39, 0.29) is 23.9 Å². The minimum Gasteiger partial charge on any atom is -0.467 e. The molecule has 4 aliphatic carbocycles. The fraction of sp³-hybridized carbons (Fsp3) is 0.667. The monoisotopic (exact) mass is 359 g/mol. The predicted octanol–water partition coefficient (Wildman–Crippen LogP) is 3.57. The molecule has 1 aromatic carbocycles. The summed E-state index contributed by atoms with van der Waals surface area (Å²) < 4.78 is 24.6. The van der Waals surface area contributed by atoms with Crippen LogP contribution in [0.4, 0.5) is 4.39 Å². The molecule has 26 heavy (non-hydrogen) atoms. The van der Waals surface area contributed by atoms with Gasteiger partial charge < -0.3 is 14.8 Å². The SMILES string of the molecule is O=C(NCCc1cc(F)cc2c1OCOC2)C12CC3CC(CC(C3)C1)C2. The molecule has 0 spiro atoms. The first-order valence-electron chi connectivity index (χ1n) is 9.91. The molecule has 0 radical (unpaired) electrons. The van der Waals surface area contributed by atoms with Crippen LogP contribution in [0.5, 0.6) is 5.75 Å². The Bertz CT molecular complexity index is 697. The molecule has 5 heteroatoms. The number of nitrogens with one attached hydrogen (secondary N) is 1. The smallest absolute Gasteiger partial charge is 0.226 e. The molecule has 4 saturated carbocycles. The van der Waals surface area contributed by atoms with Gasteiger partial charge in [0.1, 0.15) is 11.6 Å². The minimum absolute atomic E-state index is 0.125. The summed E-state index contributed by atoms with van der Waals surface area (Å²) in [5.74, 6) is 2.95. The van der Waals surface area contributed by atoms with Gasteiger partial charge >= 0.3 is 0 Å². The maximum Gasteiger partial charge on any atom is 0.226 e. The molecular weight excluding hydrogens is 333 g/mol. The van der Waals surface area contributed by atoms with Crippen LogP contribution in [0.25, 0.3) is 0 Å².